The van der Waals surface area contributed by atoms with Crippen LogP contribution in [-0.4, -0.2) is 23.6 Å². The smallest absolute Gasteiger partial charge is 0.222 e. The van der Waals surface area contributed by atoms with Crippen molar-refractivity contribution >= 4 is 12.0 Å². The summed E-state index contributed by atoms with van der Waals surface area (Å²) in [5, 5.41) is 6.26. The van der Waals surface area contributed by atoms with Gasteiger partial charge in [0.15, 0.2) is 0 Å². The third-order valence-electron chi connectivity index (χ3n) is 1.66. The summed E-state index contributed by atoms with van der Waals surface area (Å²) in [6.45, 7) is 0.475. The lowest BCUT2D eigenvalue weighted by Gasteiger charge is -1.96. The second-order valence-electron chi connectivity index (χ2n) is 2.74. The van der Waals surface area contributed by atoms with Crippen molar-refractivity contribution in [3.05, 3.63) is 34.5 Å². The SMILES string of the molecule is CNc1ncc(C=CCCN=[N+]=[N-])cn1. The lowest BCUT2D eigenvalue weighted by molar-refractivity contribution is 0.995. The molecule has 0 saturated heterocycles. The topological polar surface area (TPSA) is 86.6 Å². The van der Waals surface area contributed by atoms with Crippen LogP contribution in [0.1, 0.15) is 12.0 Å². The first kappa shape index (κ1) is 11.0. The number of nitrogens with one attached hydrogen (secondary N) is 1. The Balaban J connectivity index is 2.46. The summed E-state index contributed by atoms with van der Waals surface area (Å²) >= 11 is 0. The Hall–Kier alpha value is -2.07. The fourth-order valence-corrected chi connectivity index (χ4v) is 0.950. The quantitative estimate of drug-likeness (QED) is 0.345. The van der Waals surface area contributed by atoms with Crippen molar-refractivity contribution in [1.29, 1.82) is 0 Å². The van der Waals surface area contributed by atoms with E-state index in [0.717, 1.165) is 12.0 Å². The molecule has 0 spiro atoms. The normalized spacial score (nSPS) is 9.93. The number of aromatic nitrogens is 2. The Bertz CT molecular complexity index is 363. The van der Waals surface area contributed by atoms with E-state index in [1.54, 1.807) is 19.4 Å². The van der Waals surface area contributed by atoms with Gasteiger partial charge < -0.3 is 5.32 Å². The lowest BCUT2D eigenvalue weighted by atomic mass is 10.3. The highest BCUT2D eigenvalue weighted by Crippen LogP contribution is 2.02. The molecule has 0 bridgehead atoms. The van der Waals surface area contributed by atoms with Crippen LogP contribution in [0.2, 0.25) is 0 Å². The third-order valence-corrected chi connectivity index (χ3v) is 1.66. The van der Waals surface area contributed by atoms with Crippen LogP contribution in [0.3, 0.4) is 0 Å². The predicted octanol–water partition coefficient (Wildman–Crippen LogP) is 2.23. The zero-order valence-corrected chi connectivity index (χ0v) is 8.46. The minimum atomic E-state index is 0.475. The number of rotatable bonds is 5. The molecule has 0 saturated carbocycles. The van der Waals surface area contributed by atoms with Crippen LogP contribution in [0, 0.1) is 0 Å². The van der Waals surface area contributed by atoms with E-state index in [2.05, 4.69) is 25.3 Å². The average molecular weight is 204 g/mol. The molecule has 0 aromatic carbocycles. The maximum absolute atomic E-state index is 8.05. The van der Waals surface area contributed by atoms with Crippen molar-refractivity contribution in [3.8, 4) is 0 Å². The Labute approximate surface area is 87.7 Å². The maximum atomic E-state index is 8.05. The molecular weight excluding hydrogens is 192 g/mol. The highest BCUT2D eigenvalue weighted by atomic mass is 15.1. The molecule has 1 heterocycles. The van der Waals surface area contributed by atoms with Gasteiger partial charge in [-0.15, -0.1) is 0 Å². The summed E-state index contributed by atoms with van der Waals surface area (Å²) < 4.78 is 0. The first-order valence-corrected chi connectivity index (χ1v) is 4.54. The molecule has 0 radical (unpaired) electrons. The predicted molar refractivity (Wildman–Crippen MR) is 59.2 cm³/mol. The van der Waals surface area contributed by atoms with Crippen molar-refractivity contribution in [2.24, 2.45) is 5.11 Å². The average Bonchev–Trinajstić information content (AvgIpc) is 2.30. The summed E-state index contributed by atoms with van der Waals surface area (Å²) in [5.41, 5.74) is 8.97. The minimum Gasteiger partial charge on any atom is -0.357 e. The van der Waals surface area contributed by atoms with E-state index in [0.29, 0.717) is 12.5 Å². The monoisotopic (exact) mass is 204 g/mol. The second kappa shape index (κ2) is 6.39. The van der Waals surface area contributed by atoms with Crippen LogP contribution in [0.4, 0.5) is 5.95 Å². The van der Waals surface area contributed by atoms with Gasteiger partial charge in [-0.25, -0.2) is 9.97 Å². The Morgan fingerprint density at radius 3 is 2.87 bits per heavy atom. The van der Waals surface area contributed by atoms with Gasteiger partial charge in [0.2, 0.25) is 5.95 Å². The van der Waals surface area contributed by atoms with E-state index in [9.17, 15) is 0 Å². The fraction of sp³-hybridized carbons (Fsp3) is 0.333. The first-order chi connectivity index (χ1) is 7.36. The molecular formula is C9H12N6. The Morgan fingerprint density at radius 2 is 2.27 bits per heavy atom. The van der Waals surface area contributed by atoms with Crippen molar-refractivity contribution in [1.82, 2.24) is 9.97 Å². The van der Waals surface area contributed by atoms with Crippen LogP contribution in [0.15, 0.2) is 23.6 Å². The highest BCUT2D eigenvalue weighted by Gasteiger charge is 1.90. The molecule has 1 aromatic rings. The van der Waals surface area contributed by atoms with E-state index >= 15 is 0 Å². The fourth-order valence-electron chi connectivity index (χ4n) is 0.950. The zero-order valence-electron chi connectivity index (χ0n) is 8.46. The molecule has 0 unspecified atom stereocenters. The number of hydrogen-bond acceptors (Lipinski definition) is 4. The molecule has 6 heteroatoms. The lowest BCUT2D eigenvalue weighted by Crippen LogP contribution is -1.94. The number of anilines is 1. The van der Waals surface area contributed by atoms with Gasteiger partial charge in [-0.05, 0) is 12.0 Å². The van der Waals surface area contributed by atoms with Crippen molar-refractivity contribution in [2.45, 2.75) is 6.42 Å². The Morgan fingerprint density at radius 1 is 1.53 bits per heavy atom. The van der Waals surface area contributed by atoms with Crippen LogP contribution in [0.25, 0.3) is 16.5 Å². The first-order valence-electron chi connectivity index (χ1n) is 4.54. The Kier molecular flexibility index (Phi) is 4.69. The third kappa shape index (κ3) is 4.10. The standard InChI is InChI=1S/C9H12N6/c1-11-9-12-6-8(7-13-9)4-2-3-5-14-15-10/h2,4,6-7H,3,5H2,1H3,(H,11,12,13). The summed E-state index contributed by atoms with van der Waals surface area (Å²) in [5.74, 6) is 0.598. The second-order valence-corrected chi connectivity index (χ2v) is 2.74. The molecule has 1 rings (SSSR count). The van der Waals surface area contributed by atoms with Crippen molar-refractivity contribution in [3.63, 3.8) is 0 Å². The van der Waals surface area contributed by atoms with Gasteiger partial charge in [0.1, 0.15) is 0 Å². The minimum absolute atomic E-state index is 0.475. The molecule has 0 aliphatic carbocycles. The zero-order chi connectivity index (χ0) is 10.9. The molecule has 1 aromatic heterocycles. The molecule has 0 aliphatic heterocycles. The van der Waals surface area contributed by atoms with Gasteiger partial charge in [0.25, 0.3) is 0 Å². The van der Waals surface area contributed by atoms with E-state index in [-0.39, 0.29) is 0 Å². The molecule has 78 valence electrons. The van der Waals surface area contributed by atoms with E-state index < -0.39 is 0 Å². The molecule has 6 nitrogen and oxygen atoms in total. The van der Waals surface area contributed by atoms with Crippen LogP contribution >= 0.6 is 0 Å². The maximum Gasteiger partial charge on any atom is 0.222 e. The molecule has 1 N–H and O–H groups in total. The van der Waals surface area contributed by atoms with E-state index in [4.69, 9.17) is 5.53 Å². The van der Waals surface area contributed by atoms with Gasteiger partial charge in [-0.3, -0.25) is 0 Å². The van der Waals surface area contributed by atoms with Gasteiger partial charge in [0.05, 0.1) is 0 Å². The van der Waals surface area contributed by atoms with Crippen LogP contribution in [-0.2, 0) is 0 Å². The van der Waals surface area contributed by atoms with Gasteiger partial charge >= 0.3 is 0 Å². The molecule has 0 atom stereocenters. The molecule has 15 heavy (non-hydrogen) atoms. The number of azide groups is 1. The van der Waals surface area contributed by atoms with Gasteiger partial charge in [-0.1, -0.05) is 17.3 Å². The molecule has 0 aliphatic rings. The summed E-state index contributed by atoms with van der Waals surface area (Å²) in [4.78, 5) is 10.8. The largest absolute Gasteiger partial charge is 0.357 e. The summed E-state index contributed by atoms with van der Waals surface area (Å²) in [7, 11) is 1.77. The number of hydrogen-bond donors (Lipinski definition) is 1. The summed E-state index contributed by atoms with van der Waals surface area (Å²) in [6, 6.07) is 0. The molecule has 0 fully saturated rings. The van der Waals surface area contributed by atoms with Crippen LogP contribution in [0.5, 0.6) is 0 Å². The number of nitrogens with zero attached hydrogens (tertiary/aromatic N) is 5. The van der Waals surface area contributed by atoms with Crippen molar-refractivity contribution in [2.75, 3.05) is 18.9 Å². The van der Waals surface area contributed by atoms with Crippen LogP contribution < -0.4 is 5.32 Å². The van der Waals surface area contributed by atoms with E-state index in [1.165, 1.54) is 0 Å². The van der Waals surface area contributed by atoms with E-state index in [1.807, 2.05) is 12.2 Å². The summed E-state index contributed by atoms with van der Waals surface area (Å²) in [6.07, 6.45) is 7.99. The van der Waals surface area contributed by atoms with Crippen molar-refractivity contribution < 1.29 is 0 Å². The van der Waals surface area contributed by atoms with Gasteiger partial charge in [-0.2, -0.15) is 0 Å². The molecule has 0 amide bonds. The van der Waals surface area contributed by atoms with Gasteiger partial charge in [0, 0.05) is 36.5 Å². The highest BCUT2D eigenvalue weighted by molar-refractivity contribution is 5.47.